The van der Waals surface area contributed by atoms with E-state index in [1.165, 1.54) is 0 Å². The van der Waals surface area contributed by atoms with Crippen molar-refractivity contribution in [3.63, 3.8) is 0 Å². The van der Waals surface area contributed by atoms with E-state index in [0.717, 1.165) is 17.8 Å². The summed E-state index contributed by atoms with van der Waals surface area (Å²) < 4.78 is 7.50. The van der Waals surface area contributed by atoms with Crippen LogP contribution in [0.5, 0.6) is 0 Å². The van der Waals surface area contributed by atoms with Gasteiger partial charge in [0.05, 0.1) is 37.1 Å². The molecule has 1 N–H and O–H groups in total. The van der Waals surface area contributed by atoms with Crippen LogP contribution in [-0.2, 0) is 29.5 Å². The quantitative estimate of drug-likeness (QED) is 0.869. The van der Waals surface area contributed by atoms with Crippen molar-refractivity contribution >= 4 is 11.8 Å². The highest BCUT2D eigenvalue weighted by Crippen LogP contribution is 2.19. The van der Waals surface area contributed by atoms with E-state index in [1.807, 2.05) is 17.8 Å². The summed E-state index contributed by atoms with van der Waals surface area (Å²) in [6, 6.07) is 0. The summed E-state index contributed by atoms with van der Waals surface area (Å²) in [4.78, 5) is 30.3. The third-order valence-corrected chi connectivity index (χ3v) is 3.92. The molecule has 2 aromatic heterocycles. The van der Waals surface area contributed by atoms with E-state index in [1.54, 1.807) is 23.6 Å². The molecule has 2 aliphatic heterocycles. The number of amides is 1. The number of hydrogen-bond donors (Lipinski definition) is 1. The zero-order valence-electron chi connectivity index (χ0n) is 12.7. The third-order valence-electron chi connectivity index (χ3n) is 3.92. The average Bonchev–Trinajstić information content (AvgIpc) is 3.22. The molecule has 4 rings (SSSR count). The van der Waals surface area contributed by atoms with Gasteiger partial charge in [-0.25, -0.2) is 15.0 Å². The van der Waals surface area contributed by atoms with Crippen LogP contribution in [0, 0.1) is 0 Å². The molecule has 0 saturated heterocycles. The van der Waals surface area contributed by atoms with Gasteiger partial charge in [0.25, 0.3) is 5.91 Å². The smallest absolute Gasteiger partial charge is 0.289 e. The second kappa shape index (κ2) is 5.38. The lowest BCUT2D eigenvalue weighted by molar-refractivity contribution is -0.130. The minimum Gasteiger partial charge on any atom is -0.432 e. The van der Waals surface area contributed by atoms with Crippen LogP contribution in [0.4, 0.5) is 0 Å². The molecule has 8 nitrogen and oxygen atoms in total. The highest BCUT2D eigenvalue weighted by atomic mass is 16.5. The summed E-state index contributed by atoms with van der Waals surface area (Å²) in [6.45, 7) is 1.56. The van der Waals surface area contributed by atoms with Crippen molar-refractivity contribution in [3.05, 3.63) is 47.8 Å². The number of H-pyrrole nitrogens is 1. The van der Waals surface area contributed by atoms with Crippen molar-refractivity contribution in [1.29, 1.82) is 0 Å². The van der Waals surface area contributed by atoms with Crippen molar-refractivity contribution in [2.45, 2.75) is 13.0 Å². The first-order chi connectivity index (χ1) is 11.2. The van der Waals surface area contributed by atoms with Gasteiger partial charge in [-0.2, -0.15) is 0 Å². The molecule has 0 aromatic carbocycles. The molecule has 8 heteroatoms. The first kappa shape index (κ1) is 13.7. The van der Waals surface area contributed by atoms with Crippen molar-refractivity contribution in [2.24, 2.45) is 12.0 Å². The zero-order valence-corrected chi connectivity index (χ0v) is 12.7. The number of fused-ring (bicyclic) bond motifs is 1. The minimum atomic E-state index is -0.131. The van der Waals surface area contributed by atoms with Gasteiger partial charge in [0.2, 0.25) is 5.90 Å². The first-order valence-electron chi connectivity index (χ1n) is 7.42. The maximum atomic E-state index is 12.7. The van der Waals surface area contributed by atoms with Gasteiger partial charge in [-0.3, -0.25) is 4.79 Å². The molecule has 0 bridgehead atoms. The minimum absolute atomic E-state index is 0.131. The number of carbonyl (C=O) groups excluding carboxylic acids is 1. The lowest BCUT2D eigenvalue weighted by Gasteiger charge is -2.27. The number of aliphatic imine (C=N–C) groups is 1. The summed E-state index contributed by atoms with van der Waals surface area (Å²) in [5, 5.41) is 0. The Morgan fingerprint density at radius 3 is 3.13 bits per heavy atom. The van der Waals surface area contributed by atoms with Gasteiger partial charge in [0, 0.05) is 26.2 Å². The number of nitrogens with zero attached hydrogens (tertiary/aromatic N) is 5. The Balaban J connectivity index is 1.48. The van der Waals surface area contributed by atoms with Gasteiger partial charge in [-0.05, 0) is 6.08 Å². The largest absolute Gasteiger partial charge is 0.432 e. The Morgan fingerprint density at radius 2 is 2.30 bits per heavy atom. The predicted molar refractivity (Wildman–Crippen MR) is 81.5 cm³/mol. The lowest BCUT2D eigenvalue weighted by Crippen LogP contribution is -2.38. The van der Waals surface area contributed by atoms with E-state index < -0.39 is 0 Å². The Bertz CT molecular complexity index is 816. The van der Waals surface area contributed by atoms with Crippen LogP contribution >= 0.6 is 0 Å². The zero-order chi connectivity index (χ0) is 15.8. The highest BCUT2D eigenvalue weighted by molar-refractivity contribution is 6.00. The van der Waals surface area contributed by atoms with Gasteiger partial charge >= 0.3 is 0 Å². The van der Waals surface area contributed by atoms with Crippen molar-refractivity contribution in [2.75, 3.05) is 13.1 Å². The summed E-state index contributed by atoms with van der Waals surface area (Å²) in [5.41, 5.74) is 2.64. The molecule has 0 aliphatic carbocycles. The molecule has 118 valence electrons. The van der Waals surface area contributed by atoms with E-state index in [2.05, 4.69) is 19.9 Å². The number of nitrogens with one attached hydrogen (secondary N) is 1. The molecule has 0 unspecified atom stereocenters. The predicted octanol–water partition coefficient (Wildman–Crippen LogP) is 0.389. The Hall–Kier alpha value is -2.90. The maximum Gasteiger partial charge on any atom is 0.289 e. The number of hydrogen-bond acceptors (Lipinski definition) is 5. The monoisotopic (exact) mass is 312 g/mol. The Labute approximate surface area is 132 Å². The molecule has 0 saturated carbocycles. The molecule has 1 amide bonds. The summed E-state index contributed by atoms with van der Waals surface area (Å²) >= 11 is 0. The molecule has 0 atom stereocenters. The number of aromatic nitrogens is 4. The topological polar surface area (TPSA) is 88.4 Å². The number of aryl methyl sites for hydroxylation is 1. The van der Waals surface area contributed by atoms with Crippen LogP contribution in [0.25, 0.3) is 0 Å². The third kappa shape index (κ3) is 2.52. The molecule has 0 spiro atoms. The average molecular weight is 312 g/mol. The Morgan fingerprint density at radius 1 is 1.39 bits per heavy atom. The van der Waals surface area contributed by atoms with Crippen LogP contribution in [0.15, 0.2) is 35.7 Å². The molecular formula is C15H16N6O2. The number of ether oxygens (including phenoxy) is 1. The Kier molecular flexibility index (Phi) is 3.22. The molecule has 23 heavy (non-hydrogen) atoms. The van der Waals surface area contributed by atoms with E-state index in [0.29, 0.717) is 37.0 Å². The maximum absolute atomic E-state index is 12.7. The second-order valence-electron chi connectivity index (χ2n) is 5.55. The lowest BCUT2D eigenvalue weighted by atomic mass is 10.1. The van der Waals surface area contributed by atoms with Gasteiger partial charge in [0.15, 0.2) is 5.76 Å². The van der Waals surface area contributed by atoms with Crippen molar-refractivity contribution in [1.82, 2.24) is 24.4 Å². The summed E-state index contributed by atoms with van der Waals surface area (Å²) in [6.07, 6.45) is 7.60. The standard InChI is InChI=1S/C15H16N6O2/c1-20-6-12(19-9-20)14-16-4-2-13(23-14)15(22)21-5-3-10-11(7-21)18-8-17-10/h2,6,8-9H,3-5,7H2,1H3,(H,17,18). The normalized spacial score (nSPS) is 17.2. The number of carbonyl (C=O) groups is 1. The highest BCUT2D eigenvalue weighted by Gasteiger charge is 2.28. The SMILES string of the molecule is Cn1cnc(C2=NCC=C(C(=O)N3CCc4nc[nH]c4C3)O2)c1. The van der Waals surface area contributed by atoms with Crippen molar-refractivity contribution in [3.8, 4) is 0 Å². The van der Waals surface area contributed by atoms with Gasteiger partial charge in [-0.1, -0.05) is 0 Å². The molecule has 0 fully saturated rings. The van der Waals surface area contributed by atoms with Gasteiger partial charge in [-0.15, -0.1) is 0 Å². The first-order valence-corrected chi connectivity index (χ1v) is 7.42. The summed E-state index contributed by atoms with van der Waals surface area (Å²) in [7, 11) is 1.87. The van der Waals surface area contributed by atoms with Gasteiger partial charge < -0.3 is 19.2 Å². The fraction of sp³-hybridized carbons (Fsp3) is 0.333. The molecule has 4 heterocycles. The molecule has 2 aliphatic rings. The summed E-state index contributed by atoms with van der Waals surface area (Å²) in [5.74, 6) is 0.563. The fourth-order valence-corrected chi connectivity index (χ4v) is 2.72. The van der Waals surface area contributed by atoms with E-state index in [-0.39, 0.29) is 5.91 Å². The van der Waals surface area contributed by atoms with Crippen LogP contribution in [0.1, 0.15) is 17.1 Å². The van der Waals surface area contributed by atoms with Crippen LogP contribution in [-0.4, -0.2) is 49.3 Å². The number of aromatic amines is 1. The van der Waals surface area contributed by atoms with Crippen molar-refractivity contribution < 1.29 is 9.53 Å². The number of rotatable bonds is 2. The second-order valence-corrected chi connectivity index (χ2v) is 5.55. The van der Waals surface area contributed by atoms with Crippen LogP contribution in [0.2, 0.25) is 0 Å². The van der Waals surface area contributed by atoms with Gasteiger partial charge in [0.1, 0.15) is 5.69 Å². The van der Waals surface area contributed by atoms with E-state index in [9.17, 15) is 4.79 Å². The molecular weight excluding hydrogens is 296 g/mol. The fourth-order valence-electron chi connectivity index (χ4n) is 2.72. The number of imidazole rings is 2. The molecule has 0 radical (unpaired) electrons. The van der Waals surface area contributed by atoms with Crippen LogP contribution < -0.4 is 0 Å². The van der Waals surface area contributed by atoms with Crippen LogP contribution in [0.3, 0.4) is 0 Å². The van der Waals surface area contributed by atoms with E-state index >= 15 is 0 Å². The molecule has 2 aromatic rings. The van der Waals surface area contributed by atoms with E-state index in [4.69, 9.17) is 4.74 Å².